The van der Waals surface area contributed by atoms with E-state index in [1.807, 2.05) is 0 Å². The van der Waals surface area contributed by atoms with E-state index in [0.717, 1.165) is 18.3 Å². The van der Waals surface area contributed by atoms with Crippen molar-refractivity contribution in [2.45, 2.75) is 24.7 Å². The first-order chi connectivity index (χ1) is 14.5. The number of hydrogen-bond donors (Lipinski definition) is 3. The van der Waals surface area contributed by atoms with Crippen molar-refractivity contribution in [1.82, 2.24) is 25.9 Å². The number of pyridine rings is 2. The summed E-state index contributed by atoms with van der Waals surface area (Å²) in [4.78, 5) is 30.9. The Morgan fingerprint density at radius 1 is 1.23 bits per heavy atom. The molecule has 1 aliphatic rings. The molecule has 0 aliphatic carbocycles. The number of nitrogens with zero attached hydrogens (tertiary/aromatic N) is 2. The molecule has 2 aromatic rings. The standard InChI is InChI=1S/C17H12Cl2F5N5O2/c18-7-1-2-9(27-12(7)14(20)21)11(29-15(30)10-5-26-16(31)28-10)6-3-8(19)13(25-4-6)17(22,23)24/h1-4,10-11,14H,5H2,(H,29,30)(H2,26,28,31). The smallest absolute Gasteiger partial charge is 0.342 e. The molecule has 3 N–H and O–H groups in total. The van der Waals surface area contributed by atoms with Gasteiger partial charge in [0.1, 0.15) is 11.7 Å². The minimum atomic E-state index is -4.82. The van der Waals surface area contributed by atoms with Crippen LogP contribution in [0.25, 0.3) is 0 Å². The summed E-state index contributed by atoms with van der Waals surface area (Å²) in [5.74, 6) is -0.741. The summed E-state index contributed by atoms with van der Waals surface area (Å²) in [6.45, 7) is -0.0558. The number of urea groups is 1. The molecule has 7 nitrogen and oxygen atoms in total. The molecule has 31 heavy (non-hydrogen) atoms. The third kappa shape index (κ3) is 5.13. The van der Waals surface area contributed by atoms with Crippen molar-refractivity contribution in [2.75, 3.05) is 6.54 Å². The average molecular weight is 484 g/mol. The van der Waals surface area contributed by atoms with Gasteiger partial charge in [0.25, 0.3) is 6.43 Å². The van der Waals surface area contributed by atoms with Crippen molar-refractivity contribution >= 4 is 35.1 Å². The Hall–Kier alpha value is -2.73. The van der Waals surface area contributed by atoms with E-state index in [-0.39, 0.29) is 22.8 Å². The lowest BCUT2D eigenvalue weighted by atomic mass is 10.0. The molecule has 1 saturated heterocycles. The van der Waals surface area contributed by atoms with Gasteiger partial charge >= 0.3 is 12.2 Å². The van der Waals surface area contributed by atoms with Gasteiger partial charge < -0.3 is 16.0 Å². The first kappa shape index (κ1) is 22.9. The highest BCUT2D eigenvalue weighted by Crippen LogP contribution is 2.35. The van der Waals surface area contributed by atoms with Crippen LogP contribution in [0.15, 0.2) is 24.4 Å². The van der Waals surface area contributed by atoms with Crippen molar-refractivity contribution in [3.8, 4) is 0 Å². The average Bonchev–Trinajstić information content (AvgIpc) is 3.11. The van der Waals surface area contributed by atoms with E-state index in [4.69, 9.17) is 23.2 Å². The molecule has 0 spiro atoms. The Bertz CT molecular complexity index is 1020. The zero-order valence-electron chi connectivity index (χ0n) is 15.1. The van der Waals surface area contributed by atoms with Gasteiger partial charge in [-0.2, -0.15) is 13.2 Å². The number of nitrogens with one attached hydrogen (secondary N) is 3. The Labute approximate surface area is 181 Å². The van der Waals surface area contributed by atoms with E-state index in [1.165, 1.54) is 6.07 Å². The first-order valence-electron chi connectivity index (χ1n) is 8.49. The van der Waals surface area contributed by atoms with Crippen molar-refractivity contribution < 1.29 is 31.5 Å². The van der Waals surface area contributed by atoms with E-state index in [1.54, 1.807) is 0 Å². The molecule has 2 atom stereocenters. The molecule has 14 heteroatoms. The number of carbonyl (C=O) groups is 2. The summed E-state index contributed by atoms with van der Waals surface area (Å²) in [5.41, 5.74) is -2.34. The van der Waals surface area contributed by atoms with Gasteiger partial charge in [-0.25, -0.2) is 23.5 Å². The first-order valence-corrected chi connectivity index (χ1v) is 9.25. The van der Waals surface area contributed by atoms with Gasteiger partial charge in [0, 0.05) is 18.3 Å². The number of alkyl halides is 5. The van der Waals surface area contributed by atoms with Crippen molar-refractivity contribution in [2.24, 2.45) is 0 Å². The summed E-state index contributed by atoms with van der Waals surface area (Å²) in [6, 6.07) is 0.313. The number of aromatic nitrogens is 2. The Morgan fingerprint density at radius 2 is 1.94 bits per heavy atom. The third-order valence-corrected chi connectivity index (χ3v) is 4.84. The molecular weight excluding hydrogens is 472 g/mol. The lowest BCUT2D eigenvalue weighted by molar-refractivity contribution is -0.141. The molecule has 2 aromatic heterocycles. The van der Waals surface area contributed by atoms with Crippen LogP contribution in [0.2, 0.25) is 10.0 Å². The summed E-state index contributed by atoms with van der Waals surface area (Å²) in [7, 11) is 0. The van der Waals surface area contributed by atoms with Crippen LogP contribution in [0.1, 0.15) is 35.1 Å². The van der Waals surface area contributed by atoms with Gasteiger partial charge in [-0.3, -0.25) is 4.79 Å². The highest BCUT2D eigenvalue weighted by molar-refractivity contribution is 6.31. The van der Waals surface area contributed by atoms with Crippen molar-refractivity contribution in [1.29, 1.82) is 0 Å². The van der Waals surface area contributed by atoms with Gasteiger partial charge in [0.2, 0.25) is 5.91 Å². The van der Waals surface area contributed by atoms with Crippen LogP contribution >= 0.6 is 23.2 Å². The lowest BCUT2D eigenvalue weighted by Gasteiger charge is -2.22. The Kier molecular flexibility index (Phi) is 6.51. The summed E-state index contributed by atoms with van der Waals surface area (Å²) in [5, 5.41) is 6.06. The highest BCUT2D eigenvalue weighted by Gasteiger charge is 2.36. The summed E-state index contributed by atoms with van der Waals surface area (Å²) < 4.78 is 65.4. The molecule has 1 fully saturated rings. The minimum absolute atomic E-state index is 0.0558. The van der Waals surface area contributed by atoms with E-state index in [2.05, 4.69) is 25.9 Å². The van der Waals surface area contributed by atoms with Crippen LogP contribution in [0.5, 0.6) is 0 Å². The summed E-state index contributed by atoms with van der Waals surface area (Å²) >= 11 is 11.4. The summed E-state index contributed by atoms with van der Waals surface area (Å²) in [6.07, 6.45) is -7.07. The molecule has 2 unspecified atom stereocenters. The van der Waals surface area contributed by atoms with E-state index in [9.17, 15) is 31.5 Å². The molecule has 166 valence electrons. The van der Waals surface area contributed by atoms with Gasteiger partial charge in [0.05, 0.1) is 21.8 Å². The van der Waals surface area contributed by atoms with E-state index < -0.39 is 53.0 Å². The number of hydrogen-bond acceptors (Lipinski definition) is 4. The largest absolute Gasteiger partial charge is 0.434 e. The van der Waals surface area contributed by atoms with Crippen LogP contribution in [0.4, 0.5) is 26.7 Å². The number of rotatable bonds is 5. The maximum Gasteiger partial charge on any atom is 0.434 e. The fourth-order valence-electron chi connectivity index (χ4n) is 2.79. The van der Waals surface area contributed by atoms with Gasteiger partial charge in [-0.15, -0.1) is 0 Å². The van der Waals surface area contributed by atoms with Gasteiger partial charge in [0.15, 0.2) is 5.69 Å². The van der Waals surface area contributed by atoms with E-state index in [0.29, 0.717) is 0 Å². The Morgan fingerprint density at radius 3 is 2.48 bits per heavy atom. The molecule has 3 amide bonds. The van der Waals surface area contributed by atoms with Crippen LogP contribution in [0, 0.1) is 0 Å². The van der Waals surface area contributed by atoms with Crippen LogP contribution in [-0.4, -0.2) is 34.5 Å². The zero-order valence-corrected chi connectivity index (χ0v) is 16.6. The molecule has 3 heterocycles. The van der Waals surface area contributed by atoms with Crippen LogP contribution in [-0.2, 0) is 11.0 Å². The number of halogens is 7. The quantitative estimate of drug-likeness (QED) is 0.565. The predicted octanol–water partition coefficient (Wildman–Crippen LogP) is 3.63. The second kappa shape index (κ2) is 8.79. The van der Waals surface area contributed by atoms with E-state index >= 15 is 0 Å². The molecule has 0 bridgehead atoms. The second-order valence-electron chi connectivity index (χ2n) is 6.35. The SMILES string of the molecule is O=C1NCC(C(=O)NC(c2cnc(C(F)(F)F)c(Cl)c2)c2ccc(Cl)c(C(F)F)n2)N1. The Balaban J connectivity index is 2.02. The molecule has 0 saturated carbocycles. The zero-order chi connectivity index (χ0) is 22.9. The van der Waals surface area contributed by atoms with Crippen molar-refractivity contribution in [3.63, 3.8) is 0 Å². The van der Waals surface area contributed by atoms with Crippen LogP contribution < -0.4 is 16.0 Å². The molecule has 0 aromatic carbocycles. The van der Waals surface area contributed by atoms with Gasteiger partial charge in [-0.05, 0) is 18.2 Å². The maximum absolute atomic E-state index is 13.2. The second-order valence-corrected chi connectivity index (χ2v) is 7.16. The molecule has 0 radical (unpaired) electrons. The monoisotopic (exact) mass is 483 g/mol. The minimum Gasteiger partial charge on any atom is -0.342 e. The number of carbonyl (C=O) groups excluding carboxylic acids is 2. The maximum atomic E-state index is 13.2. The molecule has 3 rings (SSSR count). The lowest BCUT2D eigenvalue weighted by Crippen LogP contribution is -2.44. The van der Waals surface area contributed by atoms with Crippen LogP contribution in [0.3, 0.4) is 0 Å². The fraction of sp³-hybridized carbons (Fsp3) is 0.294. The topological polar surface area (TPSA) is 96.0 Å². The molecular formula is C17H12Cl2F5N5O2. The number of amides is 3. The fourth-order valence-corrected chi connectivity index (χ4v) is 3.26. The van der Waals surface area contributed by atoms with Gasteiger partial charge in [-0.1, -0.05) is 23.2 Å². The predicted molar refractivity (Wildman–Crippen MR) is 98.8 cm³/mol. The normalized spacial score (nSPS) is 17.3. The third-order valence-electron chi connectivity index (χ3n) is 4.24. The highest BCUT2D eigenvalue weighted by atomic mass is 35.5. The molecule has 1 aliphatic heterocycles. The van der Waals surface area contributed by atoms with Crippen molar-refractivity contribution in [3.05, 3.63) is 57.1 Å².